The first kappa shape index (κ1) is 35.9. The lowest BCUT2D eigenvalue weighted by Gasteiger charge is -2.41. The summed E-state index contributed by atoms with van der Waals surface area (Å²) in [5, 5.41) is 38.1. The Labute approximate surface area is 312 Å². The minimum Gasteiger partial charge on any atom is -0.508 e. The predicted molar refractivity (Wildman–Crippen MR) is 202 cm³/mol. The summed E-state index contributed by atoms with van der Waals surface area (Å²) in [5.74, 6) is 0.709. The minimum absolute atomic E-state index is 0.0206. The van der Waals surface area contributed by atoms with Crippen LogP contribution in [0.4, 0.5) is 4.79 Å². The van der Waals surface area contributed by atoms with E-state index in [-0.39, 0.29) is 36.5 Å². The summed E-state index contributed by atoms with van der Waals surface area (Å²) in [5.41, 5.74) is 7.54. The van der Waals surface area contributed by atoms with Crippen molar-refractivity contribution < 1.29 is 24.5 Å². The summed E-state index contributed by atoms with van der Waals surface area (Å²) in [6.07, 6.45) is -1.12. The van der Waals surface area contributed by atoms with Crippen molar-refractivity contribution >= 4 is 17.8 Å². The maximum Gasteiger partial charge on any atom is 0.315 e. The number of urea groups is 1. The molecule has 1 aliphatic rings. The monoisotopic (exact) mass is 728 g/mol. The summed E-state index contributed by atoms with van der Waals surface area (Å²) in [7, 11) is 0. The zero-order chi connectivity index (χ0) is 36.6. The van der Waals surface area contributed by atoms with Crippen LogP contribution in [-0.4, -0.2) is 48.3 Å². The molecule has 1 fully saturated rings. The van der Waals surface area contributed by atoms with E-state index in [1.165, 1.54) is 11.8 Å². The quantitative estimate of drug-likeness (QED) is 0.0970. The third-order valence-corrected chi connectivity index (χ3v) is 10.2. The van der Waals surface area contributed by atoms with E-state index in [9.17, 15) is 15.0 Å². The summed E-state index contributed by atoms with van der Waals surface area (Å²) in [6.45, 7) is 2.95. The summed E-state index contributed by atoms with van der Waals surface area (Å²) in [6, 6.07) is 40.4. The van der Waals surface area contributed by atoms with Crippen LogP contribution in [-0.2, 0) is 29.2 Å². The number of aliphatic hydroxyl groups excluding tert-OH is 1. The number of nitrogens with one attached hydrogen (secondary N) is 2. The molecule has 0 spiro atoms. The van der Waals surface area contributed by atoms with Crippen LogP contribution < -0.4 is 10.6 Å². The first-order chi connectivity index (χ1) is 25.9. The number of aromatic nitrogens is 4. The van der Waals surface area contributed by atoms with E-state index in [2.05, 4.69) is 51.3 Å². The van der Waals surface area contributed by atoms with E-state index in [1.807, 2.05) is 84.9 Å². The second-order valence-electron chi connectivity index (χ2n) is 12.9. The van der Waals surface area contributed by atoms with Crippen LogP contribution in [0.25, 0.3) is 16.8 Å². The van der Waals surface area contributed by atoms with Crippen molar-refractivity contribution in [3.8, 4) is 22.6 Å². The Morgan fingerprint density at radius 1 is 0.774 bits per heavy atom. The van der Waals surface area contributed by atoms with Gasteiger partial charge < -0.3 is 30.3 Å². The average Bonchev–Trinajstić information content (AvgIpc) is 3.68. The van der Waals surface area contributed by atoms with Crippen molar-refractivity contribution in [2.45, 2.75) is 50.3 Å². The number of hydrogen-bond donors (Lipinski definition) is 4. The maximum absolute atomic E-state index is 12.4. The highest BCUT2D eigenvalue weighted by Crippen LogP contribution is 2.43. The van der Waals surface area contributed by atoms with E-state index in [0.29, 0.717) is 24.0 Å². The number of ether oxygens (including phenoxy) is 2. The molecule has 4 N–H and O–H groups in total. The lowest BCUT2D eigenvalue weighted by atomic mass is 9.91. The molecule has 6 aromatic rings. The zero-order valence-electron chi connectivity index (χ0n) is 29.1. The number of thioether (sulfide) groups is 1. The van der Waals surface area contributed by atoms with Crippen molar-refractivity contribution in [3.05, 3.63) is 155 Å². The first-order valence-corrected chi connectivity index (χ1v) is 18.4. The van der Waals surface area contributed by atoms with E-state index < -0.39 is 6.29 Å². The van der Waals surface area contributed by atoms with Gasteiger partial charge in [0, 0.05) is 30.3 Å². The van der Waals surface area contributed by atoms with Gasteiger partial charge in [0.2, 0.25) is 5.16 Å². The Bertz CT molecular complexity index is 2100. The molecule has 2 heterocycles. The molecule has 2 amide bonds. The molecule has 270 valence electrons. The third kappa shape index (κ3) is 8.93. The van der Waals surface area contributed by atoms with Crippen molar-refractivity contribution in [2.75, 3.05) is 5.75 Å². The van der Waals surface area contributed by atoms with Gasteiger partial charge in [-0.2, -0.15) is 4.68 Å². The average molecular weight is 729 g/mol. The lowest BCUT2D eigenvalue weighted by molar-refractivity contribution is -0.268. The van der Waals surface area contributed by atoms with E-state index >= 15 is 0 Å². The Balaban J connectivity index is 1.04. The molecule has 11 nitrogen and oxygen atoms in total. The molecular weight excluding hydrogens is 689 g/mol. The largest absolute Gasteiger partial charge is 0.508 e. The number of tetrazole rings is 1. The van der Waals surface area contributed by atoms with Crippen molar-refractivity contribution in [2.24, 2.45) is 5.92 Å². The normalized spacial score (nSPS) is 18.4. The van der Waals surface area contributed by atoms with Crippen LogP contribution in [0.2, 0.25) is 0 Å². The molecular formula is C41H40N6O5S. The number of aliphatic hydroxyl groups is 1. The predicted octanol–water partition coefficient (Wildman–Crippen LogP) is 7.11. The lowest BCUT2D eigenvalue weighted by Crippen LogP contribution is -2.38. The van der Waals surface area contributed by atoms with E-state index in [4.69, 9.17) is 9.47 Å². The SMILES string of the molecule is C[C@@H]1[C@H](CSc2nnnn2-c2ccc(O)cc2)O[C@H](c2ccc(-c3cccc(CNC(=O)NCc4ccccc4)c3)cc2)O[C@@H]1c1ccc(CO)cc1. The van der Waals surface area contributed by atoms with Crippen molar-refractivity contribution in [1.29, 1.82) is 0 Å². The fourth-order valence-electron chi connectivity index (χ4n) is 6.21. The zero-order valence-corrected chi connectivity index (χ0v) is 29.9. The second-order valence-corrected chi connectivity index (χ2v) is 13.9. The first-order valence-electron chi connectivity index (χ1n) is 17.4. The van der Waals surface area contributed by atoms with Gasteiger partial charge in [-0.05, 0) is 74.1 Å². The number of nitrogens with zero attached hydrogens (tertiary/aromatic N) is 4. The molecule has 5 aromatic carbocycles. The van der Waals surface area contributed by atoms with Crippen LogP contribution in [0.15, 0.2) is 133 Å². The van der Waals surface area contributed by atoms with Crippen molar-refractivity contribution in [3.63, 3.8) is 0 Å². The summed E-state index contributed by atoms with van der Waals surface area (Å²) in [4.78, 5) is 12.4. The highest BCUT2D eigenvalue weighted by atomic mass is 32.2. The standard InChI is InChI=1S/C41H40N6O5S/c1-27-37(26-53-41-44-45-46-47(41)35-18-20-36(49)21-19-35)51-39(52-38(27)32-12-10-29(25-48)11-13-32)33-16-14-31(15-17-33)34-9-5-8-30(22-34)24-43-40(50)42-23-28-6-3-2-4-7-28/h2-22,27,37-39,48-49H,23-26H2,1H3,(H2,42,43,50)/t27-,37+,38+,39+/m1/s1. The molecule has 0 radical (unpaired) electrons. The van der Waals surface area contributed by atoms with Gasteiger partial charge in [0.05, 0.1) is 24.5 Å². The number of rotatable bonds is 12. The highest BCUT2D eigenvalue weighted by Gasteiger charge is 2.38. The Morgan fingerprint density at radius 3 is 2.21 bits per heavy atom. The van der Waals surface area contributed by atoms with Gasteiger partial charge in [-0.3, -0.25) is 0 Å². The summed E-state index contributed by atoms with van der Waals surface area (Å²) < 4.78 is 15.0. The van der Waals surface area contributed by atoms with Crippen LogP contribution in [0.5, 0.6) is 5.75 Å². The van der Waals surface area contributed by atoms with Crippen LogP contribution >= 0.6 is 11.8 Å². The van der Waals surface area contributed by atoms with Crippen LogP contribution in [0, 0.1) is 5.92 Å². The highest BCUT2D eigenvalue weighted by molar-refractivity contribution is 7.99. The fraction of sp³-hybridized carbons (Fsp3) is 0.220. The molecule has 0 bridgehead atoms. The second kappa shape index (κ2) is 16.9. The maximum atomic E-state index is 12.4. The topological polar surface area (TPSA) is 144 Å². The minimum atomic E-state index is -0.633. The third-order valence-electron chi connectivity index (χ3n) is 9.23. The van der Waals surface area contributed by atoms with Crippen molar-refractivity contribution in [1.82, 2.24) is 30.8 Å². The van der Waals surface area contributed by atoms with Gasteiger partial charge in [0.15, 0.2) is 6.29 Å². The van der Waals surface area contributed by atoms with Gasteiger partial charge in [0.1, 0.15) is 5.75 Å². The van der Waals surface area contributed by atoms with Crippen LogP contribution in [0.1, 0.15) is 47.1 Å². The van der Waals surface area contributed by atoms with Gasteiger partial charge in [-0.25, -0.2) is 4.79 Å². The van der Waals surface area contributed by atoms with Gasteiger partial charge in [0.25, 0.3) is 0 Å². The van der Waals surface area contributed by atoms with E-state index in [0.717, 1.165) is 44.6 Å². The molecule has 0 unspecified atom stereocenters. The summed E-state index contributed by atoms with van der Waals surface area (Å²) >= 11 is 1.49. The van der Waals surface area contributed by atoms with Gasteiger partial charge >= 0.3 is 6.03 Å². The molecule has 1 saturated heterocycles. The van der Waals surface area contributed by atoms with Crippen LogP contribution in [0.3, 0.4) is 0 Å². The number of carbonyl (C=O) groups is 1. The molecule has 7 rings (SSSR count). The number of aromatic hydroxyl groups is 1. The molecule has 12 heteroatoms. The number of benzene rings is 5. The smallest absolute Gasteiger partial charge is 0.315 e. The molecule has 1 aromatic heterocycles. The number of amides is 2. The van der Waals surface area contributed by atoms with E-state index in [1.54, 1.807) is 28.9 Å². The number of phenols is 1. The molecule has 1 aliphatic heterocycles. The Morgan fingerprint density at radius 2 is 1.47 bits per heavy atom. The molecule has 0 aliphatic carbocycles. The number of carbonyl (C=O) groups excluding carboxylic acids is 1. The Hall–Kier alpha value is -5.53. The molecule has 53 heavy (non-hydrogen) atoms. The van der Waals surface area contributed by atoms with Gasteiger partial charge in [-0.1, -0.05) is 116 Å². The van der Waals surface area contributed by atoms with Gasteiger partial charge in [-0.15, -0.1) is 5.10 Å². The number of phenolic OH excluding ortho intramolecular Hbond substituents is 1. The number of hydrogen-bond acceptors (Lipinski definition) is 9. The molecule has 0 saturated carbocycles. The Kier molecular flexibility index (Phi) is 11.4. The molecule has 4 atom stereocenters. The fourth-order valence-corrected chi connectivity index (χ4v) is 7.26.